The van der Waals surface area contributed by atoms with Crippen LogP contribution >= 0.6 is 0 Å². The first-order chi connectivity index (χ1) is 14.2. The maximum atomic E-state index is 12.4. The van der Waals surface area contributed by atoms with Gasteiger partial charge in [0, 0.05) is 30.5 Å². The maximum absolute atomic E-state index is 12.4. The number of Topliss-reactive ketones (excluding diaryl/α,β-unsaturated/α-hetero) is 1. The first-order valence-electron chi connectivity index (χ1n) is 9.76. The predicted molar refractivity (Wildman–Crippen MR) is 114 cm³/mol. The Balaban J connectivity index is 1.55. The average molecular weight is 387 g/mol. The first kappa shape index (κ1) is 20.4. The average Bonchev–Trinajstić information content (AvgIpc) is 2.79. The van der Waals surface area contributed by atoms with Crippen LogP contribution in [0, 0.1) is 0 Å². The van der Waals surface area contributed by atoms with Gasteiger partial charge in [0.05, 0.1) is 12.1 Å². The van der Waals surface area contributed by atoms with Crippen LogP contribution in [0.2, 0.25) is 0 Å². The van der Waals surface area contributed by atoms with Crippen LogP contribution in [0.3, 0.4) is 0 Å². The van der Waals surface area contributed by atoms with Crippen molar-refractivity contribution in [2.75, 3.05) is 13.1 Å². The lowest BCUT2D eigenvalue weighted by Gasteiger charge is -2.19. The summed E-state index contributed by atoms with van der Waals surface area (Å²) in [6.07, 6.45) is 4.68. The molecule has 3 aromatic rings. The second-order valence-electron chi connectivity index (χ2n) is 6.84. The van der Waals surface area contributed by atoms with E-state index in [2.05, 4.69) is 27.8 Å². The molecule has 0 saturated heterocycles. The number of rotatable bonds is 10. The van der Waals surface area contributed by atoms with Crippen molar-refractivity contribution in [1.82, 2.24) is 15.6 Å². The summed E-state index contributed by atoms with van der Waals surface area (Å²) in [5.41, 5.74) is 2.43. The second-order valence-corrected chi connectivity index (χ2v) is 6.84. The summed E-state index contributed by atoms with van der Waals surface area (Å²) in [5, 5.41) is 6.30. The minimum Gasteiger partial charge on any atom is -0.352 e. The summed E-state index contributed by atoms with van der Waals surface area (Å²) >= 11 is 0. The molecule has 2 aromatic carbocycles. The van der Waals surface area contributed by atoms with Crippen LogP contribution in [0.25, 0.3) is 0 Å². The van der Waals surface area contributed by atoms with Crippen molar-refractivity contribution in [1.29, 1.82) is 0 Å². The highest BCUT2D eigenvalue weighted by Crippen LogP contribution is 2.07. The molecular weight excluding hydrogens is 362 g/mol. The lowest BCUT2D eigenvalue weighted by atomic mass is 10.0. The van der Waals surface area contributed by atoms with Crippen molar-refractivity contribution in [3.8, 4) is 0 Å². The highest BCUT2D eigenvalue weighted by Gasteiger charge is 2.13. The lowest BCUT2D eigenvalue weighted by Crippen LogP contribution is -2.38. The fraction of sp³-hybridized carbons (Fsp3) is 0.208. The molecule has 5 heteroatoms. The topological polar surface area (TPSA) is 71.1 Å². The largest absolute Gasteiger partial charge is 0.352 e. The van der Waals surface area contributed by atoms with Gasteiger partial charge in [0.15, 0.2) is 5.78 Å². The molecule has 0 aliphatic heterocycles. The van der Waals surface area contributed by atoms with E-state index in [1.165, 1.54) is 5.56 Å². The molecule has 0 fully saturated rings. The molecule has 1 heterocycles. The number of carbonyl (C=O) groups excluding carboxylic acids is 2. The molecule has 1 atom stereocenters. The zero-order valence-electron chi connectivity index (χ0n) is 16.3. The number of benzene rings is 2. The number of hydrogen-bond donors (Lipinski definition) is 2. The Morgan fingerprint density at radius 1 is 0.862 bits per heavy atom. The third-order valence-electron chi connectivity index (χ3n) is 4.67. The van der Waals surface area contributed by atoms with Gasteiger partial charge in [-0.05, 0) is 30.5 Å². The fourth-order valence-electron chi connectivity index (χ4n) is 3.10. The van der Waals surface area contributed by atoms with Crippen LogP contribution in [0.5, 0.6) is 0 Å². The zero-order chi connectivity index (χ0) is 20.3. The Morgan fingerprint density at radius 3 is 2.24 bits per heavy atom. The summed E-state index contributed by atoms with van der Waals surface area (Å²) in [6, 6.07) is 23.0. The molecule has 5 nitrogen and oxygen atoms in total. The summed E-state index contributed by atoms with van der Waals surface area (Å²) in [5.74, 6) is -0.0834. The normalized spacial score (nSPS) is 11.6. The van der Waals surface area contributed by atoms with Gasteiger partial charge in [-0.1, -0.05) is 60.7 Å². The molecule has 0 saturated carbocycles. The van der Waals surface area contributed by atoms with Crippen LogP contribution in [-0.2, 0) is 6.42 Å². The number of nitrogens with zero attached hydrogens (tertiary/aromatic N) is 1. The van der Waals surface area contributed by atoms with E-state index in [0.717, 1.165) is 6.42 Å². The van der Waals surface area contributed by atoms with Crippen molar-refractivity contribution in [3.05, 3.63) is 102 Å². The molecular formula is C24H25N3O2. The Kier molecular flexibility index (Phi) is 7.66. The van der Waals surface area contributed by atoms with Gasteiger partial charge in [-0.25, -0.2) is 0 Å². The third-order valence-corrected chi connectivity index (χ3v) is 4.67. The fourth-order valence-corrected chi connectivity index (χ4v) is 3.10. The minimum absolute atomic E-state index is 0.0584. The monoisotopic (exact) mass is 387 g/mol. The van der Waals surface area contributed by atoms with Crippen LogP contribution in [0.4, 0.5) is 0 Å². The van der Waals surface area contributed by atoms with Gasteiger partial charge in [-0.3, -0.25) is 14.6 Å². The number of hydrogen-bond acceptors (Lipinski definition) is 4. The Bertz CT molecular complexity index is 899. The Hall–Kier alpha value is -3.31. The zero-order valence-corrected chi connectivity index (χ0v) is 16.3. The second kappa shape index (κ2) is 10.9. The van der Waals surface area contributed by atoms with Gasteiger partial charge in [0.1, 0.15) is 0 Å². The summed E-state index contributed by atoms with van der Waals surface area (Å²) in [4.78, 5) is 28.6. The van der Waals surface area contributed by atoms with Crippen molar-refractivity contribution in [3.63, 3.8) is 0 Å². The molecule has 0 bridgehead atoms. The molecule has 1 amide bonds. The summed E-state index contributed by atoms with van der Waals surface area (Å²) in [6.45, 7) is 0.774. The number of carbonyl (C=O) groups is 2. The van der Waals surface area contributed by atoms with Gasteiger partial charge >= 0.3 is 0 Å². The predicted octanol–water partition coefficient (Wildman–Crippen LogP) is 3.29. The molecule has 148 valence electrons. The van der Waals surface area contributed by atoms with Crippen molar-refractivity contribution < 1.29 is 9.59 Å². The van der Waals surface area contributed by atoms with E-state index in [1.807, 2.05) is 48.5 Å². The number of amides is 1. The van der Waals surface area contributed by atoms with E-state index in [-0.39, 0.29) is 24.3 Å². The molecule has 0 spiro atoms. The van der Waals surface area contributed by atoms with Crippen LogP contribution < -0.4 is 10.6 Å². The Labute approximate surface area is 171 Å². The standard InChI is InChI=1S/C24H25N3O2/c28-23(20-10-5-2-6-11-20)18-27-22(16-19-8-3-1-4-9-19)13-15-26-24(29)21-12-7-14-25-17-21/h1-12,14,17,22,27H,13,15-16,18H2,(H,26,29). The highest BCUT2D eigenvalue weighted by molar-refractivity contribution is 5.97. The summed E-state index contributed by atoms with van der Waals surface area (Å²) < 4.78 is 0. The van der Waals surface area contributed by atoms with E-state index in [9.17, 15) is 9.59 Å². The van der Waals surface area contributed by atoms with Gasteiger partial charge < -0.3 is 10.6 Å². The molecule has 3 rings (SSSR count). The smallest absolute Gasteiger partial charge is 0.252 e. The van der Waals surface area contributed by atoms with Gasteiger partial charge in [-0.2, -0.15) is 0 Å². The van der Waals surface area contributed by atoms with Crippen molar-refractivity contribution in [2.45, 2.75) is 18.9 Å². The van der Waals surface area contributed by atoms with E-state index < -0.39 is 0 Å². The van der Waals surface area contributed by atoms with E-state index in [4.69, 9.17) is 0 Å². The van der Waals surface area contributed by atoms with Gasteiger partial charge in [-0.15, -0.1) is 0 Å². The quantitative estimate of drug-likeness (QED) is 0.524. The number of aromatic nitrogens is 1. The van der Waals surface area contributed by atoms with Gasteiger partial charge in [0.25, 0.3) is 5.91 Å². The van der Waals surface area contributed by atoms with E-state index in [0.29, 0.717) is 24.1 Å². The summed E-state index contributed by atoms with van der Waals surface area (Å²) in [7, 11) is 0. The number of ketones is 1. The Morgan fingerprint density at radius 2 is 1.55 bits per heavy atom. The molecule has 29 heavy (non-hydrogen) atoms. The maximum Gasteiger partial charge on any atom is 0.252 e. The van der Waals surface area contributed by atoms with E-state index >= 15 is 0 Å². The lowest BCUT2D eigenvalue weighted by molar-refractivity contribution is 0.0946. The molecule has 1 unspecified atom stereocenters. The van der Waals surface area contributed by atoms with Crippen LogP contribution in [0.1, 0.15) is 32.7 Å². The molecule has 2 N–H and O–H groups in total. The first-order valence-corrected chi connectivity index (χ1v) is 9.76. The van der Waals surface area contributed by atoms with E-state index in [1.54, 1.807) is 24.5 Å². The molecule has 0 radical (unpaired) electrons. The number of nitrogens with one attached hydrogen (secondary N) is 2. The molecule has 0 aliphatic rings. The van der Waals surface area contributed by atoms with Crippen LogP contribution in [0.15, 0.2) is 85.2 Å². The van der Waals surface area contributed by atoms with Crippen molar-refractivity contribution >= 4 is 11.7 Å². The third kappa shape index (κ3) is 6.66. The highest BCUT2D eigenvalue weighted by atomic mass is 16.1. The molecule has 1 aromatic heterocycles. The SMILES string of the molecule is O=C(CNC(CCNC(=O)c1cccnc1)Cc1ccccc1)c1ccccc1. The van der Waals surface area contributed by atoms with Gasteiger partial charge in [0.2, 0.25) is 0 Å². The van der Waals surface area contributed by atoms with Crippen molar-refractivity contribution in [2.24, 2.45) is 0 Å². The molecule has 0 aliphatic carbocycles. The minimum atomic E-state index is -0.142. The van der Waals surface area contributed by atoms with Crippen LogP contribution in [-0.4, -0.2) is 35.8 Å². The number of pyridine rings is 1.